The standard InChI is InChI=1S/C13H19N3/c1-11-3-5-13(10-14,6-4-11)7-12-8-15-16(2)9-12/h8-9,11H,3-7H2,1-2H3. The Labute approximate surface area is 97.1 Å². The van der Waals surface area contributed by atoms with E-state index in [1.807, 2.05) is 24.1 Å². The lowest BCUT2D eigenvalue weighted by Gasteiger charge is -2.33. The van der Waals surface area contributed by atoms with E-state index >= 15 is 0 Å². The molecule has 1 heterocycles. The van der Waals surface area contributed by atoms with Crippen molar-refractivity contribution >= 4 is 0 Å². The summed E-state index contributed by atoms with van der Waals surface area (Å²) in [5.74, 6) is 0.787. The molecule has 3 heteroatoms. The van der Waals surface area contributed by atoms with Crippen LogP contribution in [0.2, 0.25) is 0 Å². The van der Waals surface area contributed by atoms with Gasteiger partial charge in [-0.1, -0.05) is 6.92 Å². The summed E-state index contributed by atoms with van der Waals surface area (Å²) in [7, 11) is 1.92. The number of rotatable bonds is 2. The van der Waals surface area contributed by atoms with Crippen LogP contribution in [0.5, 0.6) is 0 Å². The van der Waals surface area contributed by atoms with Gasteiger partial charge in [-0.15, -0.1) is 0 Å². The lowest BCUT2D eigenvalue weighted by Crippen LogP contribution is -2.27. The van der Waals surface area contributed by atoms with Crippen LogP contribution in [0.1, 0.15) is 38.2 Å². The van der Waals surface area contributed by atoms with E-state index in [4.69, 9.17) is 0 Å². The fourth-order valence-corrected chi connectivity index (χ4v) is 2.60. The minimum atomic E-state index is -0.129. The first-order chi connectivity index (χ1) is 7.63. The van der Waals surface area contributed by atoms with Crippen molar-refractivity contribution in [3.8, 4) is 6.07 Å². The van der Waals surface area contributed by atoms with Crippen LogP contribution in [0.25, 0.3) is 0 Å². The normalized spacial score (nSPS) is 29.9. The summed E-state index contributed by atoms with van der Waals surface area (Å²) in [6.07, 6.45) is 9.24. The summed E-state index contributed by atoms with van der Waals surface area (Å²) in [6, 6.07) is 2.56. The summed E-state index contributed by atoms with van der Waals surface area (Å²) in [6.45, 7) is 2.28. The van der Waals surface area contributed by atoms with E-state index in [2.05, 4.69) is 18.1 Å². The van der Waals surface area contributed by atoms with Crippen molar-refractivity contribution in [2.24, 2.45) is 18.4 Å². The molecule has 0 aliphatic heterocycles. The number of hydrogen-bond donors (Lipinski definition) is 0. The quantitative estimate of drug-likeness (QED) is 0.764. The van der Waals surface area contributed by atoms with Crippen LogP contribution in [0.4, 0.5) is 0 Å². The summed E-state index contributed by atoms with van der Waals surface area (Å²) in [5, 5.41) is 13.6. The number of aromatic nitrogens is 2. The molecule has 1 fully saturated rings. The Morgan fingerprint density at radius 1 is 1.56 bits per heavy atom. The van der Waals surface area contributed by atoms with Crippen LogP contribution < -0.4 is 0 Å². The second kappa shape index (κ2) is 4.29. The van der Waals surface area contributed by atoms with Gasteiger partial charge in [-0.3, -0.25) is 4.68 Å². The average Bonchev–Trinajstić information content (AvgIpc) is 2.68. The lowest BCUT2D eigenvalue weighted by molar-refractivity contribution is 0.219. The molecule has 0 atom stereocenters. The first-order valence-electron chi connectivity index (χ1n) is 6.02. The van der Waals surface area contributed by atoms with Gasteiger partial charge in [0.15, 0.2) is 0 Å². The zero-order valence-corrected chi connectivity index (χ0v) is 10.1. The van der Waals surface area contributed by atoms with Gasteiger partial charge in [0, 0.05) is 13.2 Å². The van der Waals surface area contributed by atoms with Crippen LogP contribution in [0.15, 0.2) is 12.4 Å². The van der Waals surface area contributed by atoms with E-state index in [1.165, 1.54) is 18.4 Å². The van der Waals surface area contributed by atoms with Crippen LogP contribution in [-0.2, 0) is 13.5 Å². The van der Waals surface area contributed by atoms with Gasteiger partial charge in [-0.25, -0.2) is 0 Å². The van der Waals surface area contributed by atoms with Crippen LogP contribution in [0, 0.1) is 22.7 Å². The number of aryl methyl sites for hydroxylation is 1. The Balaban J connectivity index is 2.08. The lowest BCUT2D eigenvalue weighted by atomic mass is 9.69. The molecule has 1 saturated carbocycles. The van der Waals surface area contributed by atoms with Gasteiger partial charge in [0.25, 0.3) is 0 Å². The molecular formula is C13H19N3. The summed E-state index contributed by atoms with van der Waals surface area (Å²) in [4.78, 5) is 0. The fraction of sp³-hybridized carbons (Fsp3) is 0.692. The first kappa shape index (κ1) is 11.2. The molecule has 1 aliphatic carbocycles. The predicted molar refractivity (Wildman–Crippen MR) is 62.6 cm³/mol. The molecule has 0 spiro atoms. The third kappa shape index (κ3) is 2.27. The zero-order valence-electron chi connectivity index (χ0n) is 10.1. The molecule has 0 bridgehead atoms. The van der Waals surface area contributed by atoms with E-state index in [0.29, 0.717) is 0 Å². The zero-order chi connectivity index (χ0) is 11.6. The third-order valence-corrected chi connectivity index (χ3v) is 3.77. The van der Waals surface area contributed by atoms with Crippen molar-refractivity contribution < 1.29 is 0 Å². The van der Waals surface area contributed by atoms with Gasteiger partial charge in [0.05, 0.1) is 17.7 Å². The Morgan fingerprint density at radius 3 is 2.75 bits per heavy atom. The smallest absolute Gasteiger partial charge is 0.0693 e. The van der Waals surface area contributed by atoms with Gasteiger partial charge in [-0.05, 0) is 43.6 Å². The Bertz CT molecular complexity index is 392. The molecule has 1 aromatic rings. The number of hydrogen-bond acceptors (Lipinski definition) is 2. The van der Waals surface area contributed by atoms with Crippen LogP contribution in [0.3, 0.4) is 0 Å². The molecule has 0 saturated heterocycles. The highest BCUT2D eigenvalue weighted by molar-refractivity contribution is 5.14. The highest BCUT2D eigenvalue weighted by atomic mass is 15.2. The Kier molecular flexibility index (Phi) is 3.00. The summed E-state index contributed by atoms with van der Waals surface area (Å²) < 4.78 is 1.81. The topological polar surface area (TPSA) is 41.6 Å². The molecule has 1 aromatic heterocycles. The first-order valence-corrected chi connectivity index (χ1v) is 6.02. The molecule has 86 valence electrons. The van der Waals surface area contributed by atoms with Crippen molar-refractivity contribution in [2.75, 3.05) is 0 Å². The van der Waals surface area contributed by atoms with E-state index in [0.717, 1.165) is 25.2 Å². The molecule has 0 aromatic carbocycles. The van der Waals surface area contributed by atoms with Gasteiger partial charge >= 0.3 is 0 Å². The molecule has 2 rings (SSSR count). The van der Waals surface area contributed by atoms with Crippen molar-refractivity contribution in [1.82, 2.24) is 9.78 Å². The summed E-state index contributed by atoms with van der Waals surface area (Å²) >= 11 is 0. The average molecular weight is 217 g/mol. The number of nitrogens with zero attached hydrogens (tertiary/aromatic N) is 3. The van der Waals surface area contributed by atoms with Crippen LogP contribution >= 0.6 is 0 Å². The molecule has 0 amide bonds. The van der Waals surface area contributed by atoms with E-state index in [-0.39, 0.29) is 5.41 Å². The van der Waals surface area contributed by atoms with Gasteiger partial charge in [-0.2, -0.15) is 10.4 Å². The Morgan fingerprint density at radius 2 is 2.25 bits per heavy atom. The molecule has 0 unspecified atom stereocenters. The monoisotopic (exact) mass is 217 g/mol. The summed E-state index contributed by atoms with van der Waals surface area (Å²) in [5.41, 5.74) is 1.06. The largest absolute Gasteiger partial charge is 0.276 e. The maximum atomic E-state index is 9.42. The minimum Gasteiger partial charge on any atom is -0.276 e. The van der Waals surface area contributed by atoms with Gasteiger partial charge < -0.3 is 0 Å². The molecule has 0 N–H and O–H groups in total. The maximum Gasteiger partial charge on any atom is 0.0693 e. The Hall–Kier alpha value is -1.30. The molecule has 0 radical (unpaired) electrons. The predicted octanol–water partition coefficient (Wildman–Crippen LogP) is 2.68. The molecular weight excluding hydrogens is 198 g/mol. The maximum absolute atomic E-state index is 9.42. The van der Waals surface area contributed by atoms with Crippen molar-refractivity contribution in [3.05, 3.63) is 18.0 Å². The molecule has 16 heavy (non-hydrogen) atoms. The van der Waals surface area contributed by atoms with E-state index < -0.39 is 0 Å². The fourth-order valence-electron chi connectivity index (χ4n) is 2.60. The van der Waals surface area contributed by atoms with Crippen molar-refractivity contribution in [2.45, 2.75) is 39.0 Å². The van der Waals surface area contributed by atoms with Crippen molar-refractivity contribution in [3.63, 3.8) is 0 Å². The van der Waals surface area contributed by atoms with Gasteiger partial charge in [0.1, 0.15) is 0 Å². The second-order valence-corrected chi connectivity index (χ2v) is 5.27. The highest BCUT2D eigenvalue weighted by Gasteiger charge is 2.34. The molecule has 3 nitrogen and oxygen atoms in total. The van der Waals surface area contributed by atoms with E-state index in [1.54, 1.807) is 0 Å². The van der Waals surface area contributed by atoms with E-state index in [9.17, 15) is 5.26 Å². The second-order valence-electron chi connectivity index (χ2n) is 5.27. The van der Waals surface area contributed by atoms with Crippen molar-refractivity contribution in [1.29, 1.82) is 5.26 Å². The highest BCUT2D eigenvalue weighted by Crippen LogP contribution is 2.40. The SMILES string of the molecule is CC1CCC(C#N)(Cc2cnn(C)c2)CC1. The number of nitriles is 1. The molecule has 1 aliphatic rings. The van der Waals surface area contributed by atoms with Crippen LogP contribution in [-0.4, -0.2) is 9.78 Å². The minimum absolute atomic E-state index is 0.129. The third-order valence-electron chi connectivity index (χ3n) is 3.77. The van der Waals surface area contributed by atoms with Gasteiger partial charge in [0.2, 0.25) is 0 Å².